The highest BCUT2D eigenvalue weighted by Gasteiger charge is 2.23. The van der Waals surface area contributed by atoms with Gasteiger partial charge < -0.3 is 10.1 Å². The van der Waals surface area contributed by atoms with Crippen LogP contribution >= 0.6 is 0 Å². The molecule has 1 amide bonds. The molecule has 0 spiro atoms. The number of hydrogen-bond acceptors (Lipinski definition) is 3. The fourth-order valence-electron chi connectivity index (χ4n) is 2.97. The van der Waals surface area contributed by atoms with E-state index in [9.17, 15) is 9.18 Å². The summed E-state index contributed by atoms with van der Waals surface area (Å²) in [6.07, 6.45) is 1.41. The number of fused-ring (bicyclic) bond motifs is 1. The van der Waals surface area contributed by atoms with Crippen molar-refractivity contribution in [1.29, 1.82) is 0 Å². The van der Waals surface area contributed by atoms with Gasteiger partial charge in [-0.2, -0.15) is 5.10 Å². The monoisotopic (exact) mass is 341 g/mol. The Morgan fingerprint density at radius 1 is 1.32 bits per heavy atom. The third-order valence-electron chi connectivity index (χ3n) is 4.18. The molecule has 0 saturated heterocycles. The van der Waals surface area contributed by atoms with Crippen LogP contribution in [0.2, 0.25) is 0 Å². The van der Waals surface area contributed by atoms with E-state index in [1.54, 1.807) is 31.3 Å². The van der Waals surface area contributed by atoms with E-state index in [4.69, 9.17) is 4.74 Å². The quantitative estimate of drug-likeness (QED) is 0.724. The van der Waals surface area contributed by atoms with E-state index >= 15 is 0 Å². The lowest BCUT2D eigenvalue weighted by atomic mass is 10.0. The average molecular weight is 341 g/mol. The molecule has 0 aliphatic carbocycles. The van der Waals surface area contributed by atoms with Gasteiger partial charge in [0.15, 0.2) is 0 Å². The SMILES string of the molecule is CO[C@H](c1ccccc1F)[C@@H](C)NC(=O)Cc1ccc2cn[nH]c2c1. The third-order valence-corrected chi connectivity index (χ3v) is 4.18. The molecular formula is C19H20FN3O2. The first-order chi connectivity index (χ1) is 12.1. The van der Waals surface area contributed by atoms with Crippen LogP contribution in [0.5, 0.6) is 0 Å². The van der Waals surface area contributed by atoms with Crippen LogP contribution in [0.4, 0.5) is 4.39 Å². The maximum absolute atomic E-state index is 14.0. The fourth-order valence-corrected chi connectivity index (χ4v) is 2.97. The number of carbonyl (C=O) groups excluding carboxylic acids is 1. The van der Waals surface area contributed by atoms with Crippen LogP contribution in [0.3, 0.4) is 0 Å². The summed E-state index contributed by atoms with van der Waals surface area (Å²) in [6, 6.07) is 11.8. The first-order valence-corrected chi connectivity index (χ1v) is 8.07. The average Bonchev–Trinajstić information content (AvgIpc) is 3.04. The Balaban J connectivity index is 1.67. The zero-order valence-corrected chi connectivity index (χ0v) is 14.1. The van der Waals surface area contributed by atoms with Gasteiger partial charge in [-0.25, -0.2) is 4.39 Å². The lowest BCUT2D eigenvalue weighted by Crippen LogP contribution is -2.38. The fraction of sp³-hybridized carbons (Fsp3) is 0.263. The maximum atomic E-state index is 14.0. The molecule has 2 atom stereocenters. The van der Waals surface area contributed by atoms with Crippen LogP contribution in [0.1, 0.15) is 24.2 Å². The van der Waals surface area contributed by atoms with Gasteiger partial charge in [0.2, 0.25) is 5.91 Å². The number of ether oxygens (including phenoxy) is 1. The van der Waals surface area contributed by atoms with E-state index in [2.05, 4.69) is 15.5 Å². The van der Waals surface area contributed by atoms with E-state index < -0.39 is 6.10 Å². The summed E-state index contributed by atoms with van der Waals surface area (Å²) in [5.41, 5.74) is 2.19. The molecule has 0 bridgehead atoms. The number of methoxy groups -OCH3 is 1. The maximum Gasteiger partial charge on any atom is 0.224 e. The first-order valence-electron chi connectivity index (χ1n) is 8.07. The number of halogens is 1. The molecule has 0 fully saturated rings. The molecule has 2 aromatic carbocycles. The van der Waals surface area contributed by atoms with E-state index in [0.717, 1.165) is 16.5 Å². The summed E-state index contributed by atoms with van der Waals surface area (Å²) >= 11 is 0. The van der Waals surface area contributed by atoms with Crippen molar-refractivity contribution in [1.82, 2.24) is 15.5 Å². The number of aromatic amines is 1. The summed E-state index contributed by atoms with van der Waals surface area (Å²) in [4.78, 5) is 12.3. The van der Waals surface area contributed by atoms with E-state index in [1.807, 2.05) is 18.2 Å². The van der Waals surface area contributed by atoms with Crippen molar-refractivity contribution in [3.05, 3.63) is 65.6 Å². The van der Waals surface area contributed by atoms with Crippen LogP contribution in [-0.2, 0) is 16.0 Å². The Kier molecular flexibility index (Phi) is 5.09. The first kappa shape index (κ1) is 17.1. The van der Waals surface area contributed by atoms with Crippen molar-refractivity contribution < 1.29 is 13.9 Å². The lowest BCUT2D eigenvalue weighted by Gasteiger charge is -2.24. The molecule has 0 saturated carbocycles. The Hall–Kier alpha value is -2.73. The number of amides is 1. The highest BCUT2D eigenvalue weighted by Crippen LogP contribution is 2.23. The molecule has 3 rings (SSSR count). The number of H-pyrrole nitrogens is 1. The number of hydrogen-bond donors (Lipinski definition) is 2. The van der Waals surface area contributed by atoms with Gasteiger partial charge in [-0.1, -0.05) is 30.3 Å². The van der Waals surface area contributed by atoms with Crippen LogP contribution in [0, 0.1) is 5.82 Å². The smallest absolute Gasteiger partial charge is 0.224 e. The topological polar surface area (TPSA) is 67.0 Å². The zero-order valence-electron chi connectivity index (χ0n) is 14.1. The Labute approximate surface area is 145 Å². The minimum absolute atomic E-state index is 0.148. The minimum atomic E-state index is -0.555. The Bertz CT molecular complexity index is 878. The number of benzene rings is 2. The zero-order chi connectivity index (χ0) is 17.8. The summed E-state index contributed by atoms with van der Waals surface area (Å²) < 4.78 is 19.4. The largest absolute Gasteiger partial charge is 0.375 e. The summed E-state index contributed by atoms with van der Waals surface area (Å²) in [5, 5.41) is 10.7. The van der Waals surface area contributed by atoms with Crippen LogP contribution in [0.25, 0.3) is 10.9 Å². The molecule has 0 aliphatic heterocycles. The second-order valence-corrected chi connectivity index (χ2v) is 6.00. The van der Waals surface area contributed by atoms with Crippen LogP contribution < -0.4 is 5.32 Å². The summed E-state index contributed by atoms with van der Waals surface area (Å²) in [6.45, 7) is 1.80. The van der Waals surface area contributed by atoms with Crippen molar-refractivity contribution in [2.24, 2.45) is 0 Å². The van der Waals surface area contributed by atoms with Crippen LogP contribution in [0.15, 0.2) is 48.7 Å². The van der Waals surface area contributed by atoms with Crippen molar-refractivity contribution in [2.45, 2.75) is 25.5 Å². The molecule has 3 aromatic rings. The highest BCUT2D eigenvalue weighted by atomic mass is 19.1. The van der Waals surface area contributed by atoms with Crippen molar-refractivity contribution in [2.75, 3.05) is 7.11 Å². The van der Waals surface area contributed by atoms with Gasteiger partial charge in [0.1, 0.15) is 11.9 Å². The standard InChI is InChI=1S/C19H20FN3O2/c1-12(19(25-2)15-5-3-4-6-16(15)20)22-18(24)10-13-7-8-14-11-21-23-17(14)9-13/h3-9,11-12,19H,10H2,1-2H3,(H,21,23)(H,22,24)/t12-,19+/m1/s1. The van der Waals surface area contributed by atoms with Gasteiger partial charge in [-0.15, -0.1) is 0 Å². The predicted molar refractivity (Wildman–Crippen MR) is 93.6 cm³/mol. The Morgan fingerprint density at radius 3 is 2.88 bits per heavy atom. The molecule has 2 N–H and O–H groups in total. The van der Waals surface area contributed by atoms with Gasteiger partial charge in [0, 0.05) is 18.1 Å². The number of nitrogens with zero attached hydrogens (tertiary/aromatic N) is 1. The molecule has 0 radical (unpaired) electrons. The number of nitrogens with one attached hydrogen (secondary N) is 2. The van der Waals surface area contributed by atoms with Gasteiger partial charge in [0.25, 0.3) is 0 Å². The number of carbonyl (C=O) groups is 1. The molecule has 1 aromatic heterocycles. The molecule has 25 heavy (non-hydrogen) atoms. The highest BCUT2D eigenvalue weighted by molar-refractivity contribution is 5.82. The van der Waals surface area contributed by atoms with E-state index in [-0.39, 0.29) is 24.2 Å². The van der Waals surface area contributed by atoms with Gasteiger partial charge >= 0.3 is 0 Å². The Morgan fingerprint density at radius 2 is 2.12 bits per heavy atom. The molecule has 6 heteroatoms. The van der Waals surface area contributed by atoms with Crippen molar-refractivity contribution in [3.8, 4) is 0 Å². The van der Waals surface area contributed by atoms with Gasteiger partial charge in [-0.05, 0) is 24.6 Å². The van der Waals surface area contributed by atoms with E-state index in [0.29, 0.717) is 5.56 Å². The molecule has 0 unspecified atom stereocenters. The predicted octanol–water partition coefficient (Wildman–Crippen LogP) is 3.14. The third kappa shape index (κ3) is 3.85. The second-order valence-electron chi connectivity index (χ2n) is 6.00. The second kappa shape index (κ2) is 7.44. The van der Waals surface area contributed by atoms with Gasteiger partial charge in [-0.3, -0.25) is 9.89 Å². The molecule has 130 valence electrons. The van der Waals surface area contributed by atoms with Gasteiger partial charge in [0.05, 0.1) is 24.2 Å². The molecule has 5 nitrogen and oxygen atoms in total. The normalized spacial score (nSPS) is 13.6. The van der Waals surface area contributed by atoms with Crippen molar-refractivity contribution >= 4 is 16.8 Å². The molecular weight excluding hydrogens is 321 g/mol. The number of aromatic nitrogens is 2. The molecule has 1 heterocycles. The van der Waals surface area contributed by atoms with Crippen molar-refractivity contribution in [3.63, 3.8) is 0 Å². The summed E-state index contributed by atoms with van der Waals surface area (Å²) in [5.74, 6) is -0.495. The summed E-state index contributed by atoms with van der Waals surface area (Å²) in [7, 11) is 1.51. The van der Waals surface area contributed by atoms with Crippen LogP contribution in [-0.4, -0.2) is 29.3 Å². The van der Waals surface area contributed by atoms with E-state index in [1.165, 1.54) is 13.2 Å². The number of rotatable bonds is 6. The lowest BCUT2D eigenvalue weighted by molar-refractivity contribution is -0.122. The minimum Gasteiger partial charge on any atom is -0.375 e. The molecule has 0 aliphatic rings.